The number of carbonyl (C=O) groups is 2. The molecule has 6 nitrogen and oxygen atoms in total. The maximum atomic E-state index is 13.0. The Kier molecular flexibility index (Phi) is 4.86. The average molecular weight is 367 g/mol. The van der Waals surface area contributed by atoms with Crippen molar-refractivity contribution < 1.29 is 9.59 Å². The molecule has 0 atom stereocenters. The molecule has 1 aliphatic heterocycles. The van der Waals surface area contributed by atoms with Crippen molar-refractivity contribution in [3.8, 4) is 0 Å². The SMILES string of the molecule is Cl.O=C1Nc2ccccc2N(C(=O)Nc2cccnc2)c2ccccc21. The largest absolute Gasteiger partial charge is 0.331 e. The van der Waals surface area contributed by atoms with Crippen LogP contribution in [0.2, 0.25) is 0 Å². The highest BCUT2D eigenvalue weighted by Crippen LogP contribution is 2.37. The van der Waals surface area contributed by atoms with E-state index in [1.807, 2.05) is 12.1 Å². The maximum absolute atomic E-state index is 13.0. The number of urea groups is 1. The van der Waals surface area contributed by atoms with Gasteiger partial charge in [-0.05, 0) is 36.4 Å². The van der Waals surface area contributed by atoms with Gasteiger partial charge in [-0.3, -0.25) is 14.7 Å². The third-order valence-electron chi connectivity index (χ3n) is 3.90. The van der Waals surface area contributed by atoms with Gasteiger partial charge in [0.25, 0.3) is 5.91 Å². The fourth-order valence-electron chi connectivity index (χ4n) is 2.79. The van der Waals surface area contributed by atoms with Crippen molar-refractivity contribution in [2.24, 2.45) is 0 Å². The highest BCUT2D eigenvalue weighted by molar-refractivity contribution is 6.19. The van der Waals surface area contributed by atoms with Crippen LogP contribution in [0.25, 0.3) is 0 Å². The number of para-hydroxylation sites is 3. The first kappa shape index (κ1) is 17.4. The lowest BCUT2D eigenvalue weighted by molar-refractivity contribution is 0.102. The lowest BCUT2D eigenvalue weighted by Crippen LogP contribution is -2.31. The van der Waals surface area contributed by atoms with Gasteiger partial charge in [0.2, 0.25) is 0 Å². The van der Waals surface area contributed by atoms with Gasteiger partial charge in [0, 0.05) is 6.20 Å². The number of pyridine rings is 1. The number of aromatic nitrogens is 1. The first-order chi connectivity index (χ1) is 12.2. The van der Waals surface area contributed by atoms with Crippen molar-refractivity contribution >= 4 is 47.1 Å². The summed E-state index contributed by atoms with van der Waals surface area (Å²) in [5.41, 5.74) is 2.70. The smallest absolute Gasteiger partial charge is 0.320 e. The van der Waals surface area contributed by atoms with E-state index in [1.54, 1.807) is 60.9 Å². The zero-order valence-corrected chi connectivity index (χ0v) is 14.4. The summed E-state index contributed by atoms with van der Waals surface area (Å²) in [7, 11) is 0. The van der Waals surface area contributed by atoms with E-state index < -0.39 is 0 Å². The summed E-state index contributed by atoms with van der Waals surface area (Å²) in [4.78, 5) is 31.0. The summed E-state index contributed by atoms with van der Waals surface area (Å²) >= 11 is 0. The molecule has 130 valence electrons. The summed E-state index contributed by atoms with van der Waals surface area (Å²) in [5.74, 6) is -0.250. The van der Waals surface area contributed by atoms with Crippen molar-refractivity contribution in [3.05, 3.63) is 78.6 Å². The molecule has 0 aliphatic carbocycles. The fraction of sp³-hybridized carbons (Fsp3) is 0. The maximum Gasteiger partial charge on any atom is 0.331 e. The van der Waals surface area contributed by atoms with Crippen molar-refractivity contribution in [3.63, 3.8) is 0 Å². The van der Waals surface area contributed by atoms with E-state index in [0.29, 0.717) is 28.3 Å². The molecule has 0 saturated heterocycles. The molecular weight excluding hydrogens is 352 g/mol. The molecule has 26 heavy (non-hydrogen) atoms. The number of nitrogens with one attached hydrogen (secondary N) is 2. The summed E-state index contributed by atoms with van der Waals surface area (Å²) in [5, 5.41) is 5.68. The van der Waals surface area contributed by atoms with Gasteiger partial charge in [-0.15, -0.1) is 12.4 Å². The highest BCUT2D eigenvalue weighted by Gasteiger charge is 2.29. The molecule has 2 N–H and O–H groups in total. The van der Waals surface area contributed by atoms with Crippen LogP contribution in [0.1, 0.15) is 10.4 Å². The van der Waals surface area contributed by atoms with Gasteiger partial charge in [-0.1, -0.05) is 24.3 Å². The number of amides is 3. The van der Waals surface area contributed by atoms with Crippen LogP contribution in [0.3, 0.4) is 0 Å². The molecule has 0 fully saturated rings. The minimum absolute atomic E-state index is 0. The number of rotatable bonds is 1. The number of hydrogen-bond acceptors (Lipinski definition) is 3. The Bertz CT molecular complexity index is 963. The monoisotopic (exact) mass is 366 g/mol. The van der Waals surface area contributed by atoms with Gasteiger partial charge in [0.1, 0.15) is 0 Å². The molecule has 3 aromatic rings. The molecule has 1 aliphatic rings. The summed E-state index contributed by atoms with van der Waals surface area (Å²) in [6, 6.07) is 17.3. The number of fused-ring (bicyclic) bond motifs is 2. The molecule has 0 bridgehead atoms. The number of anilines is 4. The Hall–Kier alpha value is -3.38. The Morgan fingerprint density at radius 3 is 2.46 bits per heavy atom. The molecule has 0 unspecified atom stereocenters. The zero-order chi connectivity index (χ0) is 17.2. The van der Waals surface area contributed by atoms with E-state index in [4.69, 9.17) is 0 Å². The summed E-state index contributed by atoms with van der Waals surface area (Å²) < 4.78 is 0. The first-order valence-corrected chi connectivity index (χ1v) is 7.74. The predicted octanol–water partition coefficient (Wildman–Crippen LogP) is 4.44. The number of nitrogens with zero attached hydrogens (tertiary/aromatic N) is 2. The van der Waals surface area contributed by atoms with E-state index in [9.17, 15) is 9.59 Å². The fourth-order valence-corrected chi connectivity index (χ4v) is 2.79. The summed E-state index contributed by atoms with van der Waals surface area (Å²) in [6.07, 6.45) is 3.20. The Morgan fingerprint density at radius 1 is 0.962 bits per heavy atom. The van der Waals surface area contributed by atoms with Crippen LogP contribution < -0.4 is 15.5 Å². The molecule has 3 amide bonds. The molecule has 0 saturated carbocycles. The minimum atomic E-state index is -0.371. The van der Waals surface area contributed by atoms with Gasteiger partial charge >= 0.3 is 6.03 Å². The van der Waals surface area contributed by atoms with Crippen LogP contribution in [0, 0.1) is 0 Å². The number of benzene rings is 2. The van der Waals surface area contributed by atoms with Gasteiger partial charge in [0.15, 0.2) is 0 Å². The third-order valence-corrected chi connectivity index (χ3v) is 3.90. The van der Waals surface area contributed by atoms with Gasteiger partial charge in [-0.25, -0.2) is 4.79 Å². The Morgan fingerprint density at radius 2 is 1.69 bits per heavy atom. The number of hydrogen-bond donors (Lipinski definition) is 2. The standard InChI is InChI=1S/C19H14N4O2.ClH/c24-18-14-7-1-3-9-16(14)23(17-10-4-2-8-15(17)22-18)19(25)21-13-6-5-11-20-12-13;/h1-12H,(H,21,25)(H,22,24);1H. The van der Waals surface area contributed by atoms with Crippen LogP contribution in [0.15, 0.2) is 73.1 Å². The third kappa shape index (κ3) is 3.10. The lowest BCUT2D eigenvalue weighted by atomic mass is 10.1. The van der Waals surface area contributed by atoms with E-state index >= 15 is 0 Å². The number of carbonyl (C=O) groups excluding carboxylic acids is 2. The van der Waals surface area contributed by atoms with Crippen LogP contribution >= 0.6 is 12.4 Å². The quantitative estimate of drug-likeness (QED) is 0.668. The average Bonchev–Trinajstić information content (AvgIpc) is 2.76. The molecule has 0 spiro atoms. The molecule has 2 aromatic carbocycles. The highest BCUT2D eigenvalue weighted by atomic mass is 35.5. The van der Waals surface area contributed by atoms with Crippen LogP contribution in [-0.4, -0.2) is 16.9 Å². The normalized spacial score (nSPS) is 12.0. The van der Waals surface area contributed by atoms with Gasteiger partial charge < -0.3 is 10.6 Å². The second-order valence-electron chi connectivity index (χ2n) is 5.50. The molecule has 4 rings (SSSR count). The van der Waals surface area contributed by atoms with Crippen LogP contribution in [0.4, 0.5) is 27.5 Å². The van der Waals surface area contributed by atoms with Gasteiger partial charge in [0.05, 0.1) is 34.5 Å². The van der Waals surface area contributed by atoms with Gasteiger partial charge in [-0.2, -0.15) is 0 Å². The number of halogens is 1. The Labute approximate surface area is 156 Å². The van der Waals surface area contributed by atoms with E-state index in [-0.39, 0.29) is 24.3 Å². The predicted molar refractivity (Wildman–Crippen MR) is 103 cm³/mol. The zero-order valence-electron chi connectivity index (χ0n) is 13.5. The molecular formula is C19H15ClN4O2. The van der Waals surface area contributed by atoms with Crippen molar-refractivity contribution in [2.75, 3.05) is 15.5 Å². The minimum Gasteiger partial charge on any atom is -0.320 e. The van der Waals surface area contributed by atoms with E-state index in [2.05, 4.69) is 15.6 Å². The second-order valence-corrected chi connectivity index (χ2v) is 5.50. The topological polar surface area (TPSA) is 74.3 Å². The molecule has 0 radical (unpaired) electrons. The molecule has 1 aromatic heterocycles. The Balaban J connectivity index is 0.00000196. The molecule has 2 heterocycles. The van der Waals surface area contributed by atoms with Crippen LogP contribution in [0.5, 0.6) is 0 Å². The molecule has 7 heteroatoms. The van der Waals surface area contributed by atoms with Crippen molar-refractivity contribution in [1.29, 1.82) is 0 Å². The summed E-state index contributed by atoms with van der Waals surface area (Å²) in [6.45, 7) is 0. The van der Waals surface area contributed by atoms with Crippen molar-refractivity contribution in [1.82, 2.24) is 4.98 Å². The second kappa shape index (κ2) is 7.25. The van der Waals surface area contributed by atoms with Crippen molar-refractivity contribution in [2.45, 2.75) is 0 Å². The first-order valence-electron chi connectivity index (χ1n) is 7.74. The van der Waals surface area contributed by atoms with E-state index in [1.165, 1.54) is 4.90 Å². The van der Waals surface area contributed by atoms with E-state index in [0.717, 1.165) is 0 Å². The lowest BCUT2D eigenvalue weighted by Gasteiger charge is -2.24. The van der Waals surface area contributed by atoms with Crippen LogP contribution in [-0.2, 0) is 0 Å².